The highest BCUT2D eigenvalue weighted by Gasteiger charge is 2.20. The lowest BCUT2D eigenvalue weighted by Gasteiger charge is -2.27. The fraction of sp³-hybridized carbons (Fsp3) is 0. The molecule has 0 amide bonds. The average Bonchev–Trinajstić information content (AvgIpc) is 3.67. The smallest absolute Gasteiger partial charge is 0.227 e. The number of oxazole rings is 1. The molecule has 52 heavy (non-hydrogen) atoms. The van der Waals surface area contributed by atoms with Gasteiger partial charge in [-0.05, 0) is 98.4 Å². The quantitative estimate of drug-likeness (QED) is 0.166. The van der Waals surface area contributed by atoms with Crippen LogP contribution in [0.25, 0.3) is 77.1 Å². The zero-order valence-electron chi connectivity index (χ0n) is 28.3. The minimum Gasteiger partial charge on any atom is -0.435 e. The van der Waals surface area contributed by atoms with E-state index in [1.54, 1.807) is 0 Å². The van der Waals surface area contributed by atoms with Crippen LogP contribution in [0.1, 0.15) is 0 Å². The van der Waals surface area contributed by atoms with E-state index in [2.05, 4.69) is 169 Å². The van der Waals surface area contributed by atoms with Crippen molar-refractivity contribution in [3.8, 4) is 33.7 Å². The van der Waals surface area contributed by atoms with Crippen LogP contribution < -0.4 is 4.90 Å². The molecule has 0 saturated carbocycles. The molecule has 3 heteroatoms. The lowest BCUT2D eigenvalue weighted by molar-refractivity contribution is 0.623. The van der Waals surface area contributed by atoms with E-state index in [1.165, 1.54) is 21.9 Å². The van der Waals surface area contributed by atoms with E-state index in [-0.39, 0.29) is 0 Å². The summed E-state index contributed by atoms with van der Waals surface area (Å²) in [6.07, 6.45) is 0. The van der Waals surface area contributed by atoms with Gasteiger partial charge in [-0.15, -0.1) is 0 Å². The van der Waals surface area contributed by atoms with Crippen molar-refractivity contribution in [1.82, 2.24) is 4.98 Å². The summed E-state index contributed by atoms with van der Waals surface area (Å²) in [5, 5.41) is 6.82. The number of nitrogens with zero attached hydrogens (tertiary/aromatic N) is 2. The Bertz CT molecular complexity index is 2870. The second-order valence-corrected chi connectivity index (χ2v) is 13.2. The summed E-state index contributed by atoms with van der Waals surface area (Å²) in [6, 6.07) is 68.8. The van der Waals surface area contributed by atoms with E-state index in [4.69, 9.17) is 9.40 Å². The number of aromatic nitrogens is 1. The molecule has 0 aliphatic carbocycles. The molecule has 0 aliphatic heterocycles. The van der Waals surface area contributed by atoms with Gasteiger partial charge in [0.05, 0.1) is 5.69 Å². The Labute approximate surface area is 301 Å². The van der Waals surface area contributed by atoms with Crippen LogP contribution in [-0.4, -0.2) is 4.98 Å². The Balaban J connectivity index is 1.24. The number of benzene rings is 9. The van der Waals surface area contributed by atoms with Crippen LogP contribution in [0, 0.1) is 0 Å². The fourth-order valence-electron chi connectivity index (χ4n) is 7.57. The van der Waals surface area contributed by atoms with Crippen molar-refractivity contribution in [3.05, 3.63) is 194 Å². The van der Waals surface area contributed by atoms with Crippen LogP contribution in [0.2, 0.25) is 0 Å². The van der Waals surface area contributed by atoms with Crippen LogP contribution in [0.4, 0.5) is 17.1 Å². The minimum atomic E-state index is 0.619. The van der Waals surface area contributed by atoms with Gasteiger partial charge in [-0.2, -0.15) is 0 Å². The first kappa shape index (κ1) is 29.9. The van der Waals surface area contributed by atoms with Crippen molar-refractivity contribution in [2.45, 2.75) is 0 Å². The zero-order chi connectivity index (χ0) is 34.4. The first-order valence-electron chi connectivity index (χ1n) is 17.6. The van der Waals surface area contributed by atoms with Crippen LogP contribution in [0.3, 0.4) is 0 Å². The van der Waals surface area contributed by atoms with E-state index >= 15 is 0 Å². The lowest BCUT2D eigenvalue weighted by atomic mass is 9.92. The molecule has 1 aromatic heterocycles. The first-order chi connectivity index (χ1) is 25.8. The molecule has 0 bridgehead atoms. The van der Waals surface area contributed by atoms with E-state index in [1.807, 2.05) is 30.3 Å². The second kappa shape index (κ2) is 12.4. The maximum Gasteiger partial charge on any atom is 0.227 e. The summed E-state index contributed by atoms with van der Waals surface area (Å²) >= 11 is 0. The van der Waals surface area contributed by atoms with E-state index in [9.17, 15) is 0 Å². The van der Waals surface area contributed by atoms with Gasteiger partial charge in [0.25, 0.3) is 0 Å². The topological polar surface area (TPSA) is 29.3 Å². The van der Waals surface area contributed by atoms with E-state index < -0.39 is 0 Å². The number of hydrogen-bond acceptors (Lipinski definition) is 3. The largest absolute Gasteiger partial charge is 0.435 e. The second-order valence-electron chi connectivity index (χ2n) is 13.2. The summed E-state index contributed by atoms with van der Waals surface area (Å²) < 4.78 is 6.72. The highest BCUT2D eigenvalue weighted by molar-refractivity contribution is 6.23. The molecule has 1 heterocycles. The van der Waals surface area contributed by atoms with Gasteiger partial charge in [0, 0.05) is 27.7 Å². The molecule has 0 aliphatic rings. The van der Waals surface area contributed by atoms with Crippen molar-refractivity contribution in [2.75, 3.05) is 4.90 Å². The molecule has 0 N–H and O–H groups in total. The van der Waals surface area contributed by atoms with Crippen molar-refractivity contribution < 1.29 is 4.42 Å². The lowest BCUT2D eigenvalue weighted by Crippen LogP contribution is -2.10. The number of hydrogen-bond donors (Lipinski definition) is 0. The van der Waals surface area contributed by atoms with Gasteiger partial charge in [0.15, 0.2) is 5.58 Å². The Morgan fingerprint density at radius 3 is 1.81 bits per heavy atom. The van der Waals surface area contributed by atoms with E-state index in [0.717, 1.165) is 66.4 Å². The summed E-state index contributed by atoms with van der Waals surface area (Å²) in [5.74, 6) is 0.619. The molecule has 9 aromatic carbocycles. The van der Waals surface area contributed by atoms with Gasteiger partial charge in [-0.1, -0.05) is 140 Å². The molecular formula is C49H32N2O. The Hall–Kier alpha value is -6.97. The molecule has 0 saturated heterocycles. The Morgan fingerprint density at radius 1 is 0.404 bits per heavy atom. The van der Waals surface area contributed by atoms with Crippen molar-refractivity contribution in [3.63, 3.8) is 0 Å². The van der Waals surface area contributed by atoms with Crippen molar-refractivity contribution in [1.29, 1.82) is 0 Å². The molecule has 0 radical (unpaired) electrons. The van der Waals surface area contributed by atoms with E-state index in [0.29, 0.717) is 5.89 Å². The van der Waals surface area contributed by atoms with Crippen molar-refractivity contribution >= 4 is 60.5 Å². The zero-order valence-corrected chi connectivity index (χ0v) is 28.3. The molecule has 0 spiro atoms. The standard InChI is InChI=1S/C49H32N2O/c1-4-13-33(14-5-1)34-23-26-39(27-24-34)51(46-22-12-20-35-17-10-11-21-41(35)46)40-28-25-38-31-43(36-15-6-2-7-16-36)42-29-30-45-48(47(42)44(38)32-40)52-49(50-45)37-18-8-3-9-19-37/h1-32H. The maximum atomic E-state index is 6.72. The molecule has 3 nitrogen and oxygen atoms in total. The maximum absolute atomic E-state index is 6.72. The number of fused-ring (bicyclic) bond motifs is 6. The normalized spacial score (nSPS) is 11.5. The monoisotopic (exact) mass is 664 g/mol. The Kier molecular flexibility index (Phi) is 7.14. The van der Waals surface area contributed by atoms with Crippen LogP contribution in [0.15, 0.2) is 199 Å². The predicted molar refractivity (Wildman–Crippen MR) is 218 cm³/mol. The van der Waals surface area contributed by atoms with Gasteiger partial charge in [0.1, 0.15) is 5.52 Å². The highest BCUT2D eigenvalue weighted by atomic mass is 16.3. The van der Waals surface area contributed by atoms with Gasteiger partial charge in [-0.25, -0.2) is 4.98 Å². The molecule has 0 atom stereocenters. The van der Waals surface area contributed by atoms with Crippen LogP contribution >= 0.6 is 0 Å². The minimum absolute atomic E-state index is 0.619. The third-order valence-electron chi connectivity index (χ3n) is 10.1. The fourth-order valence-corrected chi connectivity index (χ4v) is 7.57. The van der Waals surface area contributed by atoms with Gasteiger partial charge in [-0.3, -0.25) is 0 Å². The third-order valence-corrected chi connectivity index (χ3v) is 10.1. The summed E-state index contributed by atoms with van der Waals surface area (Å²) in [7, 11) is 0. The summed E-state index contributed by atoms with van der Waals surface area (Å²) in [4.78, 5) is 7.36. The first-order valence-corrected chi connectivity index (χ1v) is 17.6. The third kappa shape index (κ3) is 5.10. The van der Waals surface area contributed by atoms with Crippen LogP contribution in [0.5, 0.6) is 0 Å². The predicted octanol–water partition coefficient (Wildman–Crippen LogP) is 13.8. The number of anilines is 3. The van der Waals surface area contributed by atoms with Crippen LogP contribution in [-0.2, 0) is 0 Å². The molecular weight excluding hydrogens is 633 g/mol. The SMILES string of the molecule is c1ccc(-c2ccc(N(c3ccc4cc(-c5ccccc5)c5ccc6nc(-c7ccccc7)oc6c5c4c3)c3cccc4ccccc34)cc2)cc1. The molecule has 10 rings (SSSR count). The molecule has 10 aromatic rings. The summed E-state index contributed by atoms with van der Waals surface area (Å²) in [6.45, 7) is 0. The molecule has 0 fully saturated rings. The molecule has 244 valence electrons. The summed E-state index contributed by atoms with van der Waals surface area (Å²) in [5.41, 5.74) is 10.6. The van der Waals surface area contributed by atoms with Gasteiger partial charge in [0.2, 0.25) is 5.89 Å². The average molecular weight is 665 g/mol. The van der Waals surface area contributed by atoms with Gasteiger partial charge >= 0.3 is 0 Å². The Morgan fingerprint density at radius 2 is 1.04 bits per heavy atom. The van der Waals surface area contributed by atoms with Crippen molar-refractivity contribution in [2.24, 2.45) is 0 Å². The molecule has 0 unspecified atom stereocenters. The highest BCUT2D eigenvalue weighted by Crippen LogP contribution is 2.44. The number of rotatable bonds is 6. The van der Waals surface area contributed by atoms with Gasteiger partial charge < -0.3 is 9.32 Å².